The highest BCUT2D eigenvalue weighted by molar-refractivity contribution is 5.67. The van der Waals surface area contributed by atoms with Crippen molar-refractivity contribution in [1.29, 1.82) is 0 Å². The molecule has 17 heavy (non-hydrogen) atoms. The Balaban J connectivity index is 2.33. The summed E-state index contributed by atoms with van der Waals surface area (Å²) < 4.78 is 5.18. The van der Waals surface area contributed by atoms with Crippen molar-refractivity contribution in [1.82, 2.24) is 5.32 Å². The number of hydrogen-bond donors (Lipinski definition) is 2. The van der Waals surface area contributed by atoms with Crippen LogP contribution in [0.5, 0.6) is 0 Å². The molecule has 0 saturated heterocycles. The summed E-state index contributed by atoms with van der Waals surface area (Å²) in [7, 11) is 0. The summed E-state index contributed by atoms with van der Waals surface area (Å²) in [5.41, 5.74) is 5.96. The van der Waals surface area contributed by atoms with Crippen molar-refractivity contribution in [2.45, 2.75) is 65.0 Å². The first-order valence-corrected chi connectivity index (χ1v) is 6.51. The summed E-state index contributed by atoms with van der Waals surface area (Å²) in [6.45, 7) is 8.24. The summed E-state index contributed by atoms with van der Waals surface area (Å²) in [5, 5.41) is 2.76. The summed E-state index contributed by atoms with van der Waals surface area (Å²) in [6.07, 6.45) is 4.33. The zero-order valence-corrected chi connectivity index (χ0v) is 11.5. The Bertz CT molecular complexity index is 262. The molecule has 1 amide bonds. The Morgan fingerprint density at radius 2 is 2.06 bits per heavy atom. The predicted molar refractivity (Wildman–Crippen MR) is 68.8 cm³/mol. The molecule has 0 aromatic heterocycles. The fraction of sp³-hybridized carbons (Fsp3) is 0.923. The van der Waals surface area contributed by atoms with Gasteiger partial charge in [-0.25, -0.2) is 4.79 Å². The maximum Gasteiger partial charge on any atom is 0.407 e. The van der Waals surface area contributed by atoms with E-state index in [2.05, 4.69) is 12.2 Å². The van der Waals surface area contributed by atoms with Gasteiger partial charge in [0.25, 0.3) is 0 Å². The van der Waals surface area contributed by atoms with Crippen LogP contribution in [0, 0.1) is 5.41 Å². The highest BCUT2D eigenvalue weighted by Gasteiger charge is 2.40. The average Bonchev–Trinajstić information content (AvgIpc) is 2.11. The van der Waals surface area contributed by atoms with Crippen molar-refractivity contribution >= 4 is 6.09 Å². The third-order valence-corrected chi connectivity index (χ3v) is 3.71. The van der Waals surface area contributed by atoms with Gasteiger partial charge in [-0.15, -0.1) is 0 Å². The van der Waals surface area contributed by atoms with Gasteiger partial charge < -0.3 is 15.8 Å². The number of rotatable bonds is 4. The smallest absolute Gasteiger partial charge is 0.407 e. The Labute approximate surface area is 104 Å². The van der Waals surface area contributed by atoms with E-state index in [1.807, 2.05) is 20.8 Å². The maximum atomic E-state index is 11.5. The van der Waals surface area contributed by atoms with E-state index in [4.69, 9.17) is 10.5 Å². The number of ether oxygens (including phenoxy) is 1. The van der Waals surface area contributed by atoms with Crippen LogP contribution in [0.2, 0.25) is 0 Å². The SMILES string of the molecule is CCC1(C(N)CNC(=O)OC(C)(C)C)CCC1. The van der Waals surface area contributed by atoms with Crippen LogP contribution >= 0.6 is 0 Å². The molecule has 1 unspecified atom stereocenters. The minimum Gasteiger partial charge on any atom is -0.444 e. The standard InChI is InChI=1S/C13H26N2O2/c1-5-13(7-6-8-13)10(14)9-15-11(16)17-12(2,3)4/h10H,5-9,14H2,1-4H3,(H,15,16). The topological polar surface area (TPSA) is 64.3 Å². The van der Waals surface area contributed by atoms with E-state index >= 15 is 0 Å². The van der Waals surface area contributed by atoms with Gasteiger partial charge in [0.15, 0.2) is 0 Å². The number of nitrogens with two attached hydrogens (primary N) is 1. The molecule has 0 bridgehead atoms. The number of carbonyl (C=O) groups excluding carboxylic acids is 1. The molecular weight excluding hydrogens is 216 g/mol. The lowest BCUT2D eigenvalue weighted by molar-refractivity contribution is 0.0472. The van der Waals surface area contributed by atoms with E-state index in [1.165, 1.54) is 19.3 Å². The lowest BCUT2D eigenvalue weighted by Crippen LogP contribution is -2.52. The van der Waals surface area contributed by atoms with E-state index in [9.17, 15) is 4.79 Å². The molecule has 1 aliphatic rings. The molecule has 3 N–H and O–H groups in total. The Morgan fingerprint density at radius 3 is 2.41 bits per heavy atom. The fourth-order valence-corrected chi connectivity index (χ4v) is 2.34. The van der Waals surface area contributed by atoms with Gasteiger partial charge in [0, 0.05) is 12.6 Å². The van der Waals surface area contributed by atoms with Crippen LogP contribution in [0.25, 0.3) is 0 Å². The van der Waals surface area contributed by atoms with E-state index in [1.54, 1.807) is 0 Å². The average molecular weight is 242 g/mol. The number of carbonyl (C=O) groups is 1. The molecule has 0 radical (unpaired) electrons. The highest BCUT2D eigenvalue weighted by atomic mass is 16.6. The van der Waals surface area contributed by atoms with Gasteiger partial charge in [-0.3, -0.25) is 0 Å². The minimum atomic E-state index is -0.451. The molecule has 1 aliphatic carbocycles. The van der Waals surface area contributed by atoms with Crippen molar-refractivity contribution < 1.29 is 9.53 Å². The van der Waals surface area contributed by atoms with Gasteiger partial charge in [-0.05, 0) is 45.4 Å². The molecular formula is C13H26N2O2. The van der Waals surface area contributed by atoms with Crippen LogP contribution in [0.4, 0.5) is 4.79 Å². The summed E-state index contributed by atoms with van der Waals surface area (Å²) in [4.78, 5) is 11.5. The second kappa shape index (κ2) is 5.25. The van der Waals surface area contributed by atoms with Gasteiger partial charge in [-0.1, -0.05) is 13.3 Å². The van der Waals surface area contributed by atoms with Crippen molar-refractivity contribution in [2.75, 3.05) is 6.54 Å². The summed E-state index contributed by atoms with van der Waals surface area (Å²) >= 11 is 0. The number of alkyl carbamates (subject to hydrolysis) is 1. The normalized spacial score (nSPS) is 20.3. The van der Waals surface area contributed by atoms with Gasteiger partial charge in [0.2, 0.25) is 0 Å². The number of nitrogens with one attached hydrogen (secondary N) is 1. The second-order valence-corrected chi connectivity index (χ2v) is 6.06. The first-order chi connectivity index (χ1) is 7.79. The first-order valence-electron chi connectivity index (χ1n) is 6.51. The Hall–Kier alpha value is -0.770. The quantitative estimate of drug-likeness (QED) is 0.795. The zero-order chi connectivity index (χ0) is 13.1. The van der Waals surface area contributed by atoms with E-state index in [0.29, 0.717) is 6.54 Å². The lowest BCUT2D eigenvalue weighted by Gasteiger charge is -2.46. The van der Waals surface area contributed by atoms with Gasteiger partial charge in [-0.2, -0.15) is 0 Å². The van der Waals surface area contributed by atoms with E-state index in [0.717, 1.165) is 6.42 Å². The molecule has 0 aromatic rings. The van der Waals surface area contributed by atoms with Crippen LogP contribution in [0.1, 0.15) is 53.4 Å². The van der Waals surface area contributed by atoms with Crippen molar-refractivity contribution in [2.24, 2.45) is 11.1 Å². The number of amides is 1. The molecule has 1 rings (SSSR count). The maximum absolute atomic E-state index is 11.5. The Morgan fingerprint density at radius 1 is 1.47 bits per heavy atom. The number of hydrogen-bond acceptors (Lipinski definition) is 3. The minimum absolute atomic E-state index is 0.0359. The van der Waals surface area contributed by atoms with Crippen LogP contribution in [0.3, 0.4) is 0 Å². The molecule has 4 heteroatoms. The molecule has 0 spiro atoms. The second-order valence-electron chi connectivity index (χ2n) is 6.06. The van der Waals surface area contributed by atoms with Crippen LogP contribution in [-0.2, 0) is 4.74 Å². The van der Waals surface area contributed by atoms with Crippen LogP contribution < -0.4 is 11.1 Å². The van der Waals surface area contributed by atoms with Crippen molar-refractivity contribution in [3.05, 3.63) is 0 Å². The molecule has 1 saturated carbocycles. The molecule has 0 heterocycles. The summed E-state index contributed by atoms with van der Waals surface area (Å²) in [5.74, 6) is 0. The largest absolute Gasteiger partial charge is 0.444 e. The van der Waals surface area contributed by atoms with E-state index in [-0.39, 0.29) is 17.6 Å². The molecule has 0 aliphatic heterocycles. The lowest BCUT2D eigenvalue weighted by atomic mass is 9.62. The summed E-state index contributed by atoms with van der Waals surface area (Å²) in [6, 6.07) is 0.0359. The molecule has 1 fully saturated rings. The van der Waals surface area contributed by atoms with Gasteiger partial charge in [0.05, 0.1) is 0 Å². The first kappa shape index (κ1) is 14.3. The molecule has 4 nitrogen and oxygen atoms in total. The van der Waals surface area contributed by atoms with Crippen LogP contribution in [-0.4, -0.2) is 24.3 Å². The Kier molecular flexibility index (Phi) is 4.42. The van der Waals surface area contributed by atoms with Crippen LogP contribution in [0.15, 0.2) is 0 Å². The molecule has 100 valence electrons. The highest BCUT2D eigenvalue weighted by Crippen LogP contribution is 2.45. The van der Waals surface area contributed by atoms with E-state index < -0.39 is 5.60 Å². The third-order valence-electron chi connectivity index (χ3n) is 3.71. The van der Waals surface area contributed by atoms with Crippen molar-refractivity contribution in [3.63, 3.8) is 0 Å². The van der Waals surface area contributed by atoms with Crippen molar-refractivity contribution in [3.8, 4) is 0 Å². The molecule has 1 atom stereocenters. The molecule has 0 aromatic carbocycles. The zero-order valence-electron chi connectivity index (χ0n) is 11.5. The third kappa shape index (κ3) is 3.87. The monoisotopic (exact) mass is 242 g/mol. The predicted octanol–water partition coefficient (Wildman–Crippen LogP) is 2.42. The van der Waals surface area contributed by atoms with Gasteiger partial charge >= 0.3 is 6.09 Å². The fourth-order valence-electron chi connectivity index (χ4n) is 2.34. The van der Waals surface area contributed by atoms with Gasteiger partial charge in [0.1, 0.15) is 5.60 Å².